The number of rotatable bonds is 6. The summed E-state index contributed by atoms with van der Waals surface area (Å²) in [6, 6.07) is 18.1. The molecular weight excluding hydrogens is 399 g/mol. The fourth-order valence-electron chi connectivity index (χ4n) is 3.30. The molecule has 0 fully saturated rings. The Balaban J connectivity index is 1.44. The van der Waals surface area contributed by atoms with Crippen LogP contribution in [0.25, 0.3) is 0 Å². The lowest BCUT2D eigenvalue weighted by Gasteiger charge is -2.29. The van der Waals surface area contributed by atoms with Crippen LogP contribution in [0.2, 0.25) is 0 Å². The topological polar surface area (TPSA) is 67.9 Å². The molecular formula is C24H21FN2O4. The Kier molecular flexibility index (Phi) is 5.84. The summed E-state index contributed by atoms with van der Waals surface area (Å²) in [5.74, 6) is 0.318. The molecule has 0 bridgehead atoms. The number of amides is 2. The van der Waals surface area contributed by atoms with Crippen LogP contribution < -0.4 is 14.8 Å². The van der Waals surface area contributed by atoms with Gasteiger partial charge in [0.1, 0.15) is 17.3 Å². The molecule has 1 N–H and O–H groups in total. The molecule has 0 saturated heterocycles. The molecule has 0 radical (unpaired) electrons. The van der Waals surface area contributed by atoms with Crippen molar-refractivity contribution in [1.82, 2.24) is 10.2 Å². The van der Waals surface area contributed by atoms with Crippen molar-refractivity contribution in [3.63, 3.8) is 0 Å². The standard InChI is InChI=1S/C24H21FN2O4/c1-30-20-9-4-16(5-10-20)13-26-23(28)18-6-11-22-21(12-18)24(29)27(15-31-22)14-17-2-7-19(25)8-3-17/h2-12H,13-15H2,1H3,(H,26,28). The molecule has 1 heterocycles. The quantitative estimate of drug-likeness (QED) is 0.660. The van der Waals surface area contributed by atoms with Gasteiger partial charge in [-0.1, -0.05) is 24.3 Å². The van der Waals surface area contributed by atoms with Gasteiger partial charge in [-0.15, -0.1) is 0 Å². The number of halogens is 1. The van der Waals surface area contributed by atoms with Gasteiger partial charge in [0.05, 0.1) is 12.7 Å². The first-order valence-corrected chi connectivity index (χ1v) is 9.75. The summed E-state index contributed by atoms with van der Waals surface area (Å²) in [7, 11) is 1.60. The first kappa shape index (κ1) is 20.4. The highest BCUT2D eigenvalue weighted by atomic mass is 19.1. The molecule has 3 aromatic rings. The van der Waals surface area contributed by atoms with E-state index in [1.54, 1.807) is 31.4 Å². The second kappa shape index (κ2) is 8.87. The highest BCUT2D eigenvalue weighted by Crippen LogP contribution is 2.27. The van der Waals surface area contributed by atoms with E-state index < -0.39 is 0 Å². The van der Waals surface area contributed by atoms with Crippen molar-refractivity contribution in [3.8, 4) is 11.5 Å². The Morgan fingerprint density at radius 1 is 1.06 bits per heavy atom. The van der Waals surface area contributed by atoms with Crippen LogP contribution in [0.3, 0.4) is 0 Å². The van der Waals surface area contributed by atoms with E-state index in [9.17, 15) is 14.0 Å². The fourth-order valence-corrected chi connectivity index (χ4v) is 3.30. The predicted molar refractivity (Wildman–Crippen MR) is 112 cm³/mol. The van der Waals surface area contributed by atoms with E-state index in [1.165, 1.54) is 23.1 Å². The number of nitrogens with zero attached hydrogens (tertiary/aromatic N) is 1. The molecule has 3 aromatic carbocycles. The number of methoxy groups -OCH3 is 1. The van der Waals surface area contributed by atoms with Gasteiger partial charge in [0.2, 0.25) is 0 Å². The molecule has 4 rings (SSSR count). The van der Waals surface area contributed by atoms with Crippen LogP contribution in [0, 0.1) is 5.82 Å². The third kappa shape index (κ3) is 4.66. The van der Waals surface area contributed by atoms with Crippen LogP contribution >= 0.6 is 0 Å². The monoisotopic (exact) mass is 420 g/mol. The van der Waals surface area contributed by atoms with Gasteiger partial charge in [0, 0.05) is 18.7 Å². The second-order valence-electron chi connectivity index (χ2n) is 7.14. The SMILES string of the molecule is COc1ccc(CNC(=O)c2ccc3c(c2)C(=O)N(Cc2ccc(F)cc2)CO3)cc1. The average molecular weight is 420 g/mol. The molecule has 2 amide bonds. The van der Waals surface area contributed by atoms with Gasteiger partial charge in [-0.3, -0.25) is 9.59 Å². The molecule has 1 aliphatic rings. The van der Waals surface area contributed by atoms with Crippen molar-refractivity contribution in [2.24, 2.45) is 0 Å². The third-order valence-electron chi connectivity index (χ3n) is 5.03. The zero-order valence-corrected chi connectivity index (χ0v) is 16.9. The van der Waals surface area contributed by atoms with Crippen LogP contribution in [-0.2, 0) is 13.1 Å². The number of hydrogen-bond donors (Lipinski definition) is 1. The van der Waals surface area contributed by atoms with Gasteiger partial charge < -0.3 is 19.7 Å². The van der Waals surface area contributed by atoms with Crippen LogP contribution in [0.1, 0.15) is 31.8 Å². The Morgan fingerprint density at radius 2 is 1.77 bits per heavy atom. The van der Waals surface area contributed by atoms with Crippen molar-refractivity contribution in [3.05, 3.63) is 94.8 Å². The van der Waals surface area contributed by atoms with E-state index in [-0.39, 0.29) is 30.9 Å². The maximum Gasteiger partial charge on any atom is 0.260 e. The van der Waals surface area contributed by atoms with E-state index in [2.05, 4.69) is 5.32 Å². The molecule has 1 aliphatic heterocycles. The van der Waals surface area contributed by atoms with Crippen molar-refractivity contribution >= 4 is 11.8 Å². The molecule has 31 heavy (non-hydrogen) atoms. The van der Waals surface area contributed by atoms with Crippen LogP contribution in [0.4, 0.5) is 4.39 Å². The van der Waals surface area contributed by atoms with Crippen LogP contribution in [0.5, 0.6) is 11.5 Å². The number of nitrogens with one attached hydrogen (secondary N) is 1. The minimum absolute atomic E-state index is 0.0895. The average Bonchev–Trinajstić information content (AvgIpc) is 2.81. The molecule has 158 valence electrons. The highest BCUT2D eigenvalue weighted by molar-refractivity contribution is 6.02. The minimum atomic E-state index is -0.333. The second-order valence-corrected chi connectivity index (χ2v) is 7.14. The molecule has 0 atom stereocenters. The number of benzene rings is 3. The summed E-state index contributed by atoms with van der Waals surface area (Å²) in [4.78, 5) is 27.0. The van der Waals surface area contributed by atoms with Crippen molar-refractivity contribution < 1.29 is 23.5 Å². The third-order valence-corrected chi connectivity index (χ3v) is 5.03. The van der Waals surface area contributed by atoms with Crippen molar-refractivity contribution in [2.75, 3.05) is 13.8 Å². The Labute approximate surface area is 179 Å². The maximum atomic E-state index is 13.1. The number of ether oxygens (including phenoxy) is 2. The molecule has 0 aromatic heterocycles. The molecule has 0 aliphatic carbocycles. The largest absolute Gasteiger partial charge is 0.497 e. The van der Waals surface area contributed by atoms with E-state index in [1.807, 2.05) is 24.3 Å². The minimum Gasteiger partial charge on any atom is -0.497 e. The van der Waals surface area contributed by atoms with Gasteiger partial charge in [-0.05, 0) is 53.6 Å². The summed E-state index contributed by atoms with van der Waals surface area (Å²) in [6.45, 7) is 0.722. The van der Waals surface area contributed by atoms with Crippen molar-refractivity contribution in [1.29, 1.82) is 0 Å². The Bertz CT molecular complexity index is 1100. The van der Waals surface area contributed by atoms with Crippen LogP contribution in [0.15, 0.2) is 66.7 Å². The zero-order chi connectivity index (χ0) is 21.8. The summed E-state index contributed by atoms with van der Waals surface area (Å²) in [6.07, 6.45) is 0. The molecule has 6 nitrogen and oxygen atoms in total. The summed E-state index contributed by atoms with van der Waals surface area (Å²) < 4.78 is 23.9. The van der Waals surface area contributed by atoms with Gasteiger partial charge in [-0.25, -0.2) is 4.39 Å². The summed E-state index contributed by atoms with van der Waals surface area (Å²) >= 11 is 0. The van der Waals surface area contributed by atoms with E-state index in [4.69, 9.17) is 9.47 Å². The number of carbonyl (C=O) groups excluding carboxylic acids is 2. The number of hydrogen-bond acceptors (Lipinski definition) is 4. The first-order chi connectivity index (χ1) is 15.0. The highest BCUT2D eigenvalue weighted by Gasteiger charge is 2.26. The lowest BCUT2D eigenvalue weighted by Crippen LogP contribution is -2.38. The zero-order valence-electron chi connectivity index (χ0n) is 16.9. The van der Waals surface area contributed by atoms with Gasteiger partial charge in [-0.2, -0.15) is 0 Å². The molecule has 7 heteroatoms. The molecule has 0 spiro atoms. The lowest BCUT2D eigenvalue weighted by atomic mass is 10.1. The predicted octanol–water partition coefficient (Wildman–Crippen LogP) is 3.76. The fraction of sp³-hybridized carbons (Fsp3) is 0.167. The van der Waals surface area contributed by atoms with Gasteiger partial charge in [0.15, 0.2) is 6.73 Å². The van der Waals surface area contributed by atoms with Crippen molar-refractivity contribution in [2.45, 2.75) is 13.1 Å². The number of carbonyl (C=O) groups is 2. The number of fused-ring (bicyclic) bond motifs is 1. The molecule has 0 saturated carbocycles. The molecule has 0 unspecified atom stereocenters. The smallest absolute Gasteiger partial charge is 0.260 e. The van der Waals surface area contributed by atoms with Crippen LogP contribution in [-0.4, -0.2) is 30.6 Å². The van der Waals surface area contributed by atoms with Gasteiger partial charge >= 0.3 is 0 Å². The lowest BCUT2D eigenvalue weighted by molar-refractivity contribution is 0.0498. The summed E-state index contributed by atoms with van der Waals surface area (Å²) in [5, 5.41) is 2.85. The van der Waals surface area contributed by atoms with E-state index in [0.717, 1.165) is 16.9 Å². The Morgan fingerprint density at radius 3 is 2.48 bits per heavy atom. The maximum absolute atomic E-state index is 13.1. The van der Waals surface area contributed by atoms with Gasteiger partial charge in [0.25, 0.3) is 11.8 Å². The van der Waals surface area contributed by atoms with E-state index in [0.29, 0.717) is 23.4 Å². The first-order valence-electron chi connectivity index (χ1n) is 9.75. The summed E-state index contributed by atoms with van der Waals surface area (Å²) in [5.41, 5.74) is 2.41. The van der Waals surface area contributed by atoms with E-state index >= 15 is 0 Å². The normalized spacial score (nSPS) is 12.7. The Hall–Kier alpha value is -3.87.